The third kappa shape index (κ3) is 2.52. The van der Waals surface area contributed by atoms with Gasteiger partial charge in [-0.3, -0.25) is 0 Å². The summed E-state index contributed by atoms with van der Waals surface area (Å²) in [6.07, 6.45) is 3.33. The molecule has 1 heterocycles. The predicted molar refractivity (Wildman–Crippen MR) is 115 cm³/mol. The number of hydrogen-bond donors (Lipinski definition) is 0. The van der Waals surface area contributed by atoms with Gasteiger partial charge in [-0.25, -0.2) is 0 Å². The molecule has 0 N–H and O–H groups in total. The van der Waals surface area contributed by atoms with Crippen LogP contribution in [0.4, 0.5) is 0 Å². The van der Waals surface area contributed by atoms with Gasteiger partial charge in [0.2, 0.25) is 0 Å². The summed E-state index contributed by atoms with van der Waals surface area (Å²) in [6.45, 7) is 20.5. The van der Waals surface area contributed by atoms with Crippen molar-refractivity contribution in [2.75, 3.05) is 0 Å². The number of fused-ring (bicyclic) bond motifs is 1. The van der Waals surface area contributed by atoms with E-state index in [-0.39, 0.29) is 0 Å². The molecule has 0 unspecified atom stereocenters. The van der Waals surface area contributed by atoms with Crippen molar-refractivity contribution >= 4 is 10.8 Å². The van der Waals surface area contributed by atoms with Gasteiger partial charge in [-0.15, -0.1) is 0 Å². The average Bonchev–Trinajstić information content (AvgIpc) is 2.94. The highest BCUT2D eigenvalue weighted by Gasteiger charge is 2.19. The lowest BCUT2D eigenvalue weighted by Gasteiger charge is -2.20. The Labute approximate surface area is 159 Å². The SMILES string of the molecule is Cc1c(C)c(C)c(Cc2c3c(C)c(C)c(C)c(C)c3cn2C)c(C)c1C. The van der Waals surface area contributed by atoms with Crippen LogP contribution in [0.25, 0.3) is 10.8 Å². The van der Waals surface area contributed by atoms with E-state index in [0.29, 0.717) is 0 Å². The Balaban J connectivity index is 2.32. The number of nitrogens with zero attached hydrogens (tertiary/aromatic N) is 1. The van der Waals surface area contributed by atoms with Crippen LogP contribution in [-0.2, 0) is 13.5 Å². The van der Waals surface area contributed by atoms with Crippen LogP contribution >= 0.6 is 0 Å². The maximum absolute atomic E-state index is 2.35. The molecule has 0 aliphatic carbocycles. The summed E-state index contributed by atoms with van der Waals surface area (Å²) < 4.78 is 2.35. The van der Waals surface area contributed by atoms with Crippen LogP contribution in [0.2, 0.25) is 0 Å². The molecule has 1 aromatic heterocycles. The van der Waals surface area contributed by atoms with Gasteiger partial charge in [0.15, 0.2) is 0 Å². The summed E-state index contributed by atoms with van der Waals surface area (Å²) in [5.74, 6) is 0. The molecule has 3 rings (SSSR count). The van der Waals surface area contributed by atoms with Gasteiger partial charge in [-0.2, -0.15) is 0 Å². The third-order valence-corrected chi connectivity index (χ3v) is 7.27. The molecule has 0 saturated carbocycles. The van der Waals surface area contributed by atoms with E-state index < -0.39 is 0 Å². The minimum Gasteiger partial charge on any atom is -0.353 e. The molecule has 26 heavy (non-hydrogen) atoms. The number of benzene rings is 2. The summed E-state index contributed by atoms with van der Waals surface area (Å²) in [4.78, 5) is 0. The minimum atomic E-state index is 1.00. The fourth-order valence-corrected chi connectivity index (χ4v) is 4.55. The molecule has 3 aromatic rings. The Morgan fingerprint density at radius 3 is 1.54 bits per heavy atom. The lowest BCUT2D eigenvalue weighted by atomic mass is 9.86. The fourth-order valence-electron chi connectivity index (χ4n) is 4.55. The number of aryl methyl sites for hydroxylation is 3. The van der Waals surface area contributed by atoms with Gasteiger partial charge in [0.05, 0.1) is 0 Å². The second-order valence-electron chi connectivity index (χ2n) is 8.26. The normalized spacial score (nSPS) is 11.6. The molecule has 0 amide bonds. The maximum Gasteiger partial charge on any atom is 0.0298 e. The second-order valence-corrected chi connectivity index (χ2v) is 8.26. The van der Waals surface area contributed by atoms with E-state index in [1.165, 1.54) is 72.1 Å². The summed E-state index contributed by atoms with van der Waals surface area (Å²) in [7, 11) is 2.21. The van der Waals surface area contributed by atoms with E-state index >= 15 is 0 Å². The first kappa shape index (κ1) is 18.8. The lowest BCUT2D eigenvalue weighted by molar-refractivity contribution is 0.850. The summed E-state index contributed by atoms with van der Waals surface area (Å²) in [6, 6.07) is 0. The van der Waals surface area contributed by atoms with E-state index in [2.05, 4.69) is 80.1 Å². The van der Waals surface area contributed by atoms with Gasteiger partial charge in [-0.05, 0) is 118 Å². The van der Waals surface area contributed by atoms with Crippen molar-refractivity contribution in [3.8, 4) is 0 Å². The van der Waals surface area contributed by atoms with Crippen LogP contribution in [0.15, 0.2) is 6.20 Å². The zero-order valence-corrected chi connectivity index (χ0v) is 18.2. The summed E-state index contributed by atoms with van der Waals surface area (Å²) in [5, 5.41) is 2.88. The fraction of sp³-hybridized carbons (Fsp3) is 0.440. The van der Waals surface area contributed by atoms with Crippen molar-refractivity contribution in [2.45, 2.75) is 68.7 Å². The molecule has 0 saturated heterocycles. The molecule has 0 radical (unpaired) electrons. The van der Waals surface area contributed by atoms with Crippen molar-refractivity contribution in [3.63, 3.8) is 0 Å². The molecule has 138 valence electrons. The van der Waals surface area contributed by atoms with E-state index in [4.69, 9.17) is 0 Å². The molecule has 0 bridgehead atoms. The zero-order chi connectivity index (χ0) is 19.5. The summed E-state index contributed by atoms with van der Waals surface area (Å²) in [5.41, 5.74) is 15.9. The first-order chi connectivity index (χ1) is 12.1. The van der Waals surface area contributed by atoms with Crippen LogP contribution in [0.1, 0.15) is 61.3 Å². The molecule has 2 aromatic carbocycles. The first-order valence-electron chi connectivity index (χ1n) is 9.67. The highest BCUT2D eigenvalue weighted by atomic mass is 14.9. The van der Waals surface area contributed by atoms with E-state index in [0.717, 1.165) is 6.42 Å². The van der Waals surface area contributed by atoms with Crippen molar-refractivity contribution in [2.24, 2.45) is 7.05 Å². The zero-order valence-electron chi connectivity index (χ0n) is 18.2. The van der Waals surface area contributed by atoms with Crippen LogP contribution in [-0.4, -0.2) is 4.57 Å². The van der Waals surface area contributed by atoms with Crippen LogP contribution in [0.3, 0.4) is 0 Å². The second kappa shape index (κ2) is 6.30. The minimum absolute atomic E-state index is 1.00. The van der Waals surface area contributed by atoms with E-state index in [1.54, 1.807) is 0 Å². The topological polar surface area (TPSA) is 4.93 Å². The molecular weight excluding hydrogens is 314 g/mol. The van der Waals surface area contributed by atoms with Crippen molar-refractivity contribution in [1.29, 1.82) is 0 Å². The van der Waals surface area contributed by atoms with Gasteiger partial charge in [-0.1, -0.05) is 0 Å². The van der Waals surface area contributed by atoms with E-state index in [9.17, 15) is 0 Å². The quantitative estimate of drug-likeness (QED) is 0.495. The number of aromatic nitrogens is 1. The molecule has 1 heteroatoms. The van der Waals surface area contributed by atoms with Gasteiger partial charge >= 0.3 is 0 Å². The van der Waals surface area contributed by atoms with E-state index in [1.807, 2.05) is 0 Å². The standard InChI is InChI=1S/C25H33N/c1-13-14(2)18(6)22(19(7)15(13)3)11-24-25-21(9)17(5)16(4)20(8)23(25)12-26(24)10/h12H,11H2,1-10H3. The smallest absolute Gasteiger partial charge is 0.0298 e. The van der Waals surface area contributed by atoms with Gasteiger partial charge in [0.1, 0.15) is 0 Å². The maximum atomic E-state index is 2.35. The van der Waals surface area contributed by atoms with Gasteiger partial charge in [0.25, 0.3) is 0 Å². The Morgan fingerprint density at radius 1 is 0.577 bits per heavy atom. The lowest BCUT2D eigenvalue weighted by Crippen LogP contribution is -2.06. The van der Waals surface area contributed by atoms with Crippen molar-refractivity contribution in [3.05, 3.63) is 67.5 Å². The molecule has 0 aliphatic rings. The number of rotatable bonds is 2. The van der Waals surface area contributed by atoms with Crippen molar-refractivity contribution < 1.29 is 0 Å². The highest BCUT2D eigenvalue weighted by Crippen LogP contribution is 2.35. The van der Waals surface area contributed by atoms with Crippen LogP contribution < -0.4 is 0 Å². The third-order valence-electron chi connectivity index (χ3n) is 7.27. The molecule has 0 spiro atoms. The molecule has 1 nitrogen and oxygen atoms in total. The van der Waals surface area contributed by atoms with Crippen LogP contribution in [0.5, 0.6) is 0 Å². The molecule has 0 fully saturated rings. The first-order valence-corrected chi connectivity index (χ1v) is 9.67. The molecular formula is C25H33N. The largest absolute Gasteiger partial charge is 0.353 e. The highest BCUT2D eigenvalue weighted by molar-refractivity contribution is 5.93. The Hall–Kier alpha value is -2.02. The average molecular weight is 348 g/mol. The predicted octanol–water partition coefficient (Wildman–Crippen LogP) is 6.54. The number of hydrogen-bond acceptors (Lipinski definition) is 0. The van der Waals surface area contributed by atoms with Crippen molar-refractivity contribution in [1.82, 2.24) is 4.57 Å². The van der Waals surface area contributed by atoms with Gasteiger partial charge < -0.3 is 4.57 Å². The summed E-state index contributed by atoms with van der Waals surface area (Å²) >= 11 is 0. The van der Waals surface area contributed by atoms with Gasteiger partial charge in [0, 0.05) is 36.1 Å². The molecule has 0 atom stereocenters. The molecule has 0 aliphatic heterocycles. The Bertz CT molecular complexity index is 1020. The Morgan fingerprint density at radius 2 is 1.00 bits per heavy atom. The van der Waals surface area contributed by atoms with Crippen LogP contribution in [0, 0.1) is 62.3 Å². The Kier molecular flexibility index (Phi) is 4.55. The monoisotopic (exact) mass is 347 g/mol.